The summed E-state index contributed by atoms with van der Waals surface area (Å²) in [7, 11) is 0. The maximum absolute atomic E-state index is 4.76. The van der Waals surface area contributed by atoms with Gasteiger partial charge in [0.15, 0.2) is 0 Å². The monoisotopic (exact) mass is 330 g/mol. The maximum atomic E-state index is 4.76. The van der Waals surface area contributed by atoms with Crippen LogP contribution in [-0.2, 0) is 6.42 Å². The van der Waals surface area contributed by atoms with Gasteiger partial charge in [-0.3, -0.25) is 0 Å². The lowest BCUT2D eigenvalue weighted by molar-refractivity contribution is 0.749. The second-order valence-electron chi connectivity index (χ2n) is 6.79. The lowest BCUT2D eigenvalue weighted by Gasteiger charge is -2.24. The van der Waals surface area contributed by atoms with E-state index in [0.29, 0.717) is 12.0 Å². The molecular weight excluding hydrogens is 308 g/mol. The third-order valence-electron chi connectivity index (χ3n) is 4.57. The quantitative estimate of drug-likeness (QED) is 0.740. The molecular formula is C21H22N4. The molecule has 4 rings (SSSR count). The minimum atomic E-state index is 0.390. The summed E-state index contributed by atoms with van der Waals surface area (Å²) >= 11 is 0. The van der Waals surface area contributed by atoms with Gasteiger partial charge in [-0.1, -0.05) is 24.3 Å². The largest absolute Gasteiger partial charge is 0.324 e. The molecule has 1 unspecified atom stereocenters. The first-order valence-corrected chi connectivity index (χ1v) is 8.65. The minimum Gasteiger partial charge on any atom is -0.324 e. The fraction of sp³-hybridized carbons (Fsp3) is 0.238. The first-order chi connectivity index (χ1) is 12.1. The summed E-state index contributed by atoms with van der Waals surface area (Å²) in [5.74, 6) is 1.55. The highest BCUT2D eigenvalue weighted by Crippen LogP contribution is 2.37. The van der Waals surface area contributed by atoms with E-state index in [4.69, 9.17) is 4.98 Å². The summed E-state index contributed by atoms with van der Waals surface area (Å²) in [6.07, 6.45) is 2.86. The molecule has 2 heterocycles. The van der Waals surface area contributed by atoms with Crippen LogP contribution in [0.15, 0.2) is 54.7 Å². The van der Waals surface area contributed by atoms with Crippen LogP contribution in [0.4, 0.5) is 23.1 Å². The van der Waals surface area contributed by atoms with Crippen molar-refractivity contribution >= 4 is 23.1 Å². The molecule has 0 bridgehead atoms. The molecule has 1 aliphatic heterocycles. The standard InChI is InChI=1S/C21H22N4/c1-14-10-15(2)12-18(11-14)23-21-22-9-8-20(24-21)25-16(3)13-17-6-4-5-7-19(17)25/h4-12,16H,13H2,1-3H3,(H,22,23,24). The summed E-state index contributed by atoms with van der Waals surface area (Å²) in [5, 5.41) is 3.34. The highest BCUT2D eigenvalue weighted by Gasteiger charge is 2.27. The number of fused-ring (bicyclic) bond motifs is 1. The van der Waals surface area contributed by atoms with Gasteiger partial charge in [-0.2, -0.15) is 4.98 Å². The van der Waals surface area contributed by atoms with Crippen molar-refractivity contribution in [1.29, 1.82) is 0 Å². The van der Waals surface area contributed by atoms with Crippen molar-refractivity contribution in [3.05, 3.63) is 71.4 Å². The number of hydrogen-bond acceptors (Lipinski definition) is 4. The molecule has 126 valence electrons. The minimum absolute atomic E-state index is 0.390. The normalized spacial score (nSPS) is 16.0. The van der Waals surface area contributed by atoms with Crippen molar-refractivity contribution in [3.8, 4) is 0 Å². The van der Waals surface area contributed by atoms with Gasteiger partial charge in [0.05, 0.1) is 0 Å². The fourth-order valence-corrected chi connectivity index (χ4v) is 3.63. The van der Waals surface area contributed by atoms with Crippen molar-refractivity contribution in [2.75, 3.05) is 10.2 Å². The van der Waals surface area contributed by atoms with Gasteiger partial charge in [-0.05, 0) is 68.1 Å². The van der Waals surface area contributed by atoms with Crippen LogP contribution in [0.3, 0.4) is 0 Å². The molecule has 0 radical (unpaired) electrons. The van der Waals surface area contributed by atoms with Gasteiger partial charge in [0.25, 0.3) is 0 Å². The predicted octanol–water partition coefficient (Wildman–Crippen LogP) is 4.92. The van der Waals surface area contributed by atoms with Gasteiger partial charge in [-0.25, -0.2) is 4.98 Å². The van der Waals surface area contributed by atoms with E-state index in [-0.39, 0.29) is 0 Å². The number of aromatic nitrogens is 2. The highest BCUT2D eigenvalue weighted by molar-refractivity contribution is 5.69. The van der Waals surface area contributed by atoms with Gasteiger partial charge in [0.2, 0.25) is 5.95 Å². The predicted molar refractivity (Wildman–Crippen MR) is 103 cm³/mol. The van der Waals surface area contributed by atoms with Gasteiger partial charge in [0, 0.05) is 23.6 Å². The maximum Gasteiger partial charge on any atom is 0.229 e. The molecule has 4 nitrogen and oxygen atoms in total. The van der Waals surface area contributed by atoms with E-state index in [2.05, 4.69) is 78.4 Å². The lowest BCUT2D eigenvalue weighted by atomic mass is 10.1. The second kappa shape index (κ2) is 6.20. The Morgan fingerprint density at radius 1 is 1.04 bits per heavy atom. The number of para-hydroxylation sites is 1. The SMILES string of the molecule is Cc1cc(C)cc(Nc2nccc(N3c4ccccc4CC3C)n2)c1. The van der Waals surface area contributed by atoms with E-state index in [9.17, 15) is 0 Å². The van der Waals surface area contributed by atoms with Gasteiger partial charge < -0.3 is 10.2 Å². The molecule has 1 N–H and O–H groups in total. The van der Waals surface area contributed by atoms with Crippen LogP contribution in [0.5, 0.6) is 0 Å². The molecule has 0 saturated carbocycles. The zero-order chi connectivity index (χ0) is 17.4. The first kappa shape index (κ1) is 15.6. The second-order valence-corrected chi connectivity index (χ2v) is 6.79. The van der Waals surface area contributed by atoms with Gasteiger partial charge >= 0.3 is 0 Å². The van der Waals surface area contributed by atoms with Crippen LogP contribution in [0, 0.1) is 13.8 Å². The Bertz CT molecular complexity index is 899. The summed E-state index contributed by atoms with van der Waals surface area (Å²) in [4.78, 5) is 11.5. The van der Waals surface area contributed by atoms with E-state index in [1.54, 1.807) is 0 Å². The van der Waals surface area contributed by atoms with Gasteiger partial charge in [0.1, 0.15) is 5.82 Å². The molecule has 25 heavy (non-hydrogen) atoms. The molecule has 4 heteroatoms. The molecule has 0 aliphatic carbocycles. The Kier molecular flexibility index (Phi) is 3.88. The Balaban J connectivity index is 1.66. The zero-order valence-electron chi connectivity index (χ0n) is 14.8. The van der Waals surface area contributed by atoms with Crippen LogP contribution in [0.25, 0.3) is 0 Å². The summed E-state index contributed by atoms with van der Waals surface area (Å²) in [5.41, 5.74) is 6.08. The number of anilines is 4. The van der Waals surface area contributed by atoms with E-state index < -0.39 is 0 Å². The topological polar surface area (TPSA) is 41.1 Å². The molecule has 1 aromatic heterocycles. The smallest absolute Gasteiger partial charge is 0.229 e. The number of rotatable bonds is 3. The van der Waals surface area contributed by atoms with Crippen molar-refractivity contribution in [1.82, 2.24) is 9.97 Å². The molecule has 0 amide bonds. The summed E-state index contributed by atoms with van der Waals surface area (Å²) in [6, 6.07) is 17.3. The molecule has 3 aromatic rings. The van der Waals surface area contributed by atoms with E-state index in [0.717, 1.165) is 17.9 Å². The van der Waals surface area contributed by atoms with Crippen molar-refractivity contribution in [2.24, 2.45) is 0 Å². The number of nitrogens with zero attached hydrogens (tertiary/aromatic N) is 3. The zero-order valence-corrected chi connectivity index (χ0v) is 14.8. The van der Waals surface area contributed by atoms with Crippen LogP contribution >= 0.6 is 0 Å². The molecule has 0 saturated heterocycles. The Morgan fingerprint density at radius 3 is 2.60 bits per heavy atom. The summed E-state index contributed by atoms with van der Waals surface area (Å²) in [6.45, 7) is 6.43. The number of benzene rings is 2. The molecule has 0 fully saturated rings. The third-order valence-corrected chi connectivity index (χ3v) is 4.57. The fourth-order valence-electron chi connectivity index (χ4n) is 3.63. The van der Waals surface area contributed by atoms with Crippen LogP contribution in [0.2, 0.25) is 0 Å². The van der Waals surface area contributed by atoms with Crippen LogP contribution < -0.4 is 10.2 Å². The van der Waals surface area contributed by atoms with E-state index in [1.165, 1.54) is 22.4 Å². The molecule has 0 spiro atoms. The number of hydrogen-bond donors (Lipinski definition) is 1. The highest BCUT2D eigenvalue weighted by atomic mass is 15.3. The number of aryl methyl sites for hydroxylation is 2. The number of nitrogens with one attached hydrogen (secondary N) is 1. The first-order valence-electron chi connectivity index (χ1n) is 8.65. The van der Waals surface area contributed by atoms with Crippen molar-refractivity contribution in [3.63, 3.8) is 0 Å². The van der Waals surface area contributed by atoms with Gasteiger partial charge in [-0.15, -0.1) is 0 Å². The molecule has 1 aliphatic rings. The average Bonchev–Trinajstić information content (AvgIpc) is 2.90. The molecule has 2 aromatic carbocycles. The van der Waals surface area contributed by atoms with E-state index >= 15 is 0 Å². The average molecular weight is 330 g/mol. The lowest BCUT2D eigenvalue weighted by Crippen LogP contribution is -2.25. The van der Waals surface area contributed by atoms with Crippen LogP contribution in [0.1, 0.15) is 23.6 Å². The molecule has 1 atom stereocenters. The van der Waals surface area contributed by atoms with Crippen LogP contribution in [-0.4, -0.2) is 16.0 Å². The summed E-state index contributed by atoms with van der Waals surface area (Å²) < 4.78 is 0. The van der Waals surface area contributed by atoms with Crippen molar-refractivity contribution in [2.45, 2.75) is 33.2 Å². The third kappa shape index (κ3) is 3.07. The Labute approximate surface area is 148 Å². The van der Waals surface area contributed by atoms with Crippen molar-refractivity contribution < 1.29 is 0 Å². The Hall–Kier alpha value is -2.88. The van der Waals surface area contributed by atoms with E-state index in [1.807, 2.05) is 12.3 Å². The Morgan fingerprint density at radius 2 is 1.80 bits per heavy atom.